The van der Waals surface area contributed by atoms with Crippen molar-refractivity contribution in [1.82, 2.24) is 10.6 Å². The molecule has 0 heterocycles. The number of alkyl carbamates (subject to hydrolysis) is 1. The Balaban J connectivity index is 2.36. The Hall–Kier alpha value is -2.15. The highest BCUT2D eigenvalue weighted by molar-refractivity contribution is 7.80. The number of ether oxygens (including phenoxy) is 2. The van der Waals surface area contributed by atoms with Gasteiger partial charge in [0.25, 0.3) is 0 Å². The van der Waals surface area contributed by atoms with Crippen LogP contribution >= 0.6 is 12.2 Å². The third kappa shape index (κ3) is 8.47. The minimum Gasteiger partial charge on any atom is -0.467 e. The number of rotatable bonds is 9. The van der Waals surface area contributed by atoms with Gasteiger partial charge >= 0.3 is 12.1 Å². The Morgan fingerprint density at radius 1 is 1.21 bits per heavy atom. The molecule has 0 fully saturated rings. The summed E-state index contributed by atoms with van der Waals surface area (Å²) in [6.07, 6.45) is 1.42. The van der Waals surface area contributed by atoms with Crippen molar-refractivity contribution in [3.05, 3.63) is 35.9 Å². The van der Waals surface area contributed by atoms with E-state index >= 15 is 0 Å². The number of benzene rings is 1. The van der Waals surface area contributed by atoms with Crippen molar-refractivity contribution >= 4 is 29.3 Å². The number of hydrogen-bond donors (Lipinski definition) is 2. The van der Waals surface area contributed by atoms with E-state index in [1.165, 1.54) is 7.11 Å². The van der Waals surface area contributed by atoms with E-state index in [9.17, 15) is 9.59 Å². The van der Waals surface area contributed by atoms with Crippen molar-refractivity contribution in [2.75, 3.05) is 13.7 Å². The zero-order valence-electron chi connectivity index (χ0n) is 14.0. The van der Waals surface area contributed by atoms with Crippen molar-refractivity contribution in [3.63, 3.8) is 0 Å². The standard InChI is InChI=1S/C17H24N2O4S/c1-13(24)18-11-7-6-10-15(16(20)22-2)19-17(21)23-12-14-8-4-3-5-9-14/h3-5,8-9,15H,6-7,10-12H2,1-2H3,(H,18,24)(H,19,21). The molecule has 0 spiro atoms. The van der Waals surface area contributed by atoms with Crippen LogP contribution in [0.4, 0.5) is 4.79 Å². The quantitative estimate of drug-likeness (QED) is 0.404. The van der Waals surface area contributed by atoms with Gasteiger partial charge in [0.05, 0.1) is 12.1 Å². The summed E-state index contributed by atoms with van der Waals surface area (Å²) in [5, 5.41) is 5.60. The first kappa shape index (κ1) is 19.9. The van der Waals surface area contributed by atoms with Crippen LogP contribution in [0.5, 0.6) is 0 Å². The Labute approximate surface area is 147 Å². The van der Waals surface area contributed by atoms with Crippen LogP contribution in [-0.2, 0) is 20.9 Å². The predicted octanol–water partition coefficient (Wildman–Crippen LogP) is 2.56. The van der Waals surface area contributed by atoms with Gasteiger partial charge in [-0.1, -0.05) is 42.5 Å². The van der Waals surface area contributed by atoms with Crippen molar-refractivity contribution in [3.8, 4) is 0 Å². The highest BCUT2D eigenvalue weighted by Gasteiger charge is 2.21. The number of unbranched alkanes of at least 4 members (excludes halogenated alkanes) is 1. The van der Waals surface area contributed by atoms with Crippen molar-refractivity contribution < 1.29 is 19.1 Å². The molecule has 2 N–H and O–H groups in total. The topological polar surface area (TPSA) is 76.7 Å². The summed E-state index contributed by atoms with van der Waals surface area (Å²) in [6.45, 7) is 2.71. The lowest BCUT2D eigenvalue weighted by molar-refractivity contribution is -0.143. The van der Waals surface area contributed by atoms with Crippen LogP contribution in [-0.4, -0.2) is 36.7 Å². The number of carbonyl (C=O) groups is 2. The van der Waals surface area contributed by atoms with E-state index in [4.69, 9.17) is 21.7 Å². The summed E-state index contributed by atoms with van der Waals surface area (Å²) in [5.41, 5.74) is 0.879. The molecule has 0 radical (unpaired) electrons. The number of amides is 1. The number of carbonyl (C=O) groups excluding carboxylic acids is 2. The second-order valence-electron chi connectivity index (χ2n) is 5.26. The van der Waals surface area contributed by atoms with Crippen LogP contribution in [0.15, 0.2) is 30.3 Å². The Morgan fingerprint density at radius 3 is 2.54 bits per heavy atom. The zero-order valence-corrected chi connectivity index (χ0v) is 14.9. The van der Waals surface area contributed by atoms with Crippen LogP contribution in [0.3, 0.4) is 0 Å². The molecule has 1 rings (SSSR count). The Bertz CT molecular complexity index is 537. The second-order valence-corrected chi connectivity index (χ2v) is 5.87. The van der Waals surface area contributed by atoms with Gasteiger partial charge in [-0.15, -0.1) is 0 Å². The molecule has 0 saturated heterocycles. The summed E-state index contributed by atoms with van der Waals surface area (Å²) < 4.78 is 9.85. The molecule has 1 amide bonds. The molecule has 0 aliphatic rings. The number of esters is 1. The van der Waals surface area contributed by atoms with Gasteiger partial charge in [-0.2, -0.15) is 0 Å². The average Bonchev–Trinajstić information content (AvgIpc) is 2.58. The zero-order chi connectivity index (χ0) is 17.8. The van der Waals surface area contributed by atoms with E-state index in [2.05, 4.69) is 10.6 Å². The molecule has 6 nitrogen and oxygen atoms in total. The molecule has 0 aliphatic heterocycles. The Morgan fingerprint density at radius 2 is 1.92 bits per heavy atom. The normalized spacial score (nSPS) is 11.2. The first-order chi connectivity index (χ1) is 11.5. The molecule has 0 aliphatic carbocycles. The van der Waals surface area contributed by atoms with Gasteiger partial charge in [0.2, 0.25) is 0 Å². The van der Waals surface area contributed by atoms with Gasteiger partial charge in [0, 0.05) is 6.54 Å². The molecule has 0 saturated carbocycles. The monoisotopic (exact) mass is 352 g/mol. The van der Waals surface area contributed by atoms with Crippen LogP contribution in [0.25, 0.3) is 0 Å². The number of nitrogens with one attached hydrogen (secondary N) is 2. The Kier molecular flexibility index (Phi) is 9.45. The first-order valence-electron chi connectivity index (χ1n) is 7.82. The van der Waals surface area contributed by atoms with Gasteiger partial charge < -0.3 is 20.1 Å². The molecule has 7 heteroatoms. The lowest BCUT2D eigenvalue weighted by atomic mass is 10.1. The van der Waals surface area contributed by atoms with Gasteiger partial charge in [-0.25, -0.2) is 9.59 Å². The largest absolute Gasteiger partial charge is 0.467 e. The lowest BCUT2D eigenvalue weighted by Crippen LogP contribution is -2.41. The highest BCUT2D eigenvalue weighted by Crippen LogP contribution is 2.05. The van der Waals surface area contributed by atoms with Gasteiger partial charge in [0.15, 0.2) is 0 Å². The second kappa shape index (κ2) is 11.4. The minimum absolute atomic E-state index is 0.151. The number of methoxy groups -OCH3 is 1. The van der Waals surface area contributed by atoms with Crippen LogP contribution in [0.1, 0.15) is 31.7 Å². The fraction of sp³-hybridized carbons (Fsp3) is 0.471. The summed E-state index contributed by atoms with van der Waals surface area (Å²) in [6, 6.07) is 8.61. The van der Waals surface area contributed by atoms with E-state index < -0.39 is 18.1 Å². The maximum Gasteiger partial charge on any atom is 0.408 e. The highest BCUT2D eigenvalue weighted by atomic mass is 32.1. The predicted molar refractivity (Wildman–Crippen MR) is 95.7 cm³/mol. The van der Waals surface area contributed by atoms with Crippen molar-refractivity contribution in [2.24, 2.45) is 0 Å². The molecular formula is C17H24N2O4S. The summed E-state index contributed by atoms with van der Waals surface area (Å²) in [7, 11) is 1.30. The lowest BCUT2D eigenvalue weighted by Gasteiger charge is -2.16. The molecule has 1 atom stereocenters. The van der Waals surface area contributed by atoms with Crippen LogP contribution < -0.4 is 10.6 Å². The molecular weight excluding hydrogens is 328 g/mol. The van der Waals surface area contributed by atoms with Crippen molar-refractivity contribution in [1.29, 1.82) is 0 Å². The van der Waals surface area contributed by atoms with Gasteiger partial charge in [0.1, 0.15) is 12.6 Å². The van der Waals surface area contributed by atoms with Gasteiger partial charge in [-0.3, -0.25) is 0 Å². The molecule has 0 bridgehead atoms. The first-order valence-corrected chi connectivity index (χ1v) is 8.23. The summed E-state index contributed by atoms with van der Waals surface area (Å²) in [5.74, 6) is -0.481. The fourth-order valence-electron chi connectivity index (χ4n) is 2.04. The molecule has 1 unspecified atom stereocenters. The van der Waals surface area contributed by atoms with Crippen LogP contribution in [0, 0.1) is 0 Å². The van der Waals surface area contributed by atoms with E-state index in [1.807, 2.05) is 37.3 Å². The number of hydrogen-bond acceptors (Lipinski definition) is 5. The minimum atomic E-state index is -0.716. The number of thiocarbonyl (C=S) groups is 1. The maximum absolute atomic E-state index is 11.9. The third-order valence-corrected chi connectivity index (χ3v) is 3.43. The van der Waals surface area contributed by atoms with Crippen LogP contribution in [0.2, 0.25) is 0 Å². The van der Waals surface area contributed by atoms with E-state index in [0.717, 1.165) is 29.9 Å². The van der Waals surface area contributed by atoms with E-state index in [1.54, 1.807) is 0 Å². The molecule has 1 aromatic rings. The SMILES string of the molecule is COC(=O)C(CCCCNC(C)=S)NC(=O)OCc1ccccc1. The molecule has 24 heavy (non-hydrogen) atoms. The molecule has 0 aromatic heterocycles. The third-order valence-electron chi connectivity index (χ3n) is 3.28. The molecule has 1 aromatic carbocycles. The van der Waals surface area contributed by atoms with Gasteiger partial charge in [-0.05, 0) is 31.7 Å². The summed E-state index contributed by atoms with van der Waals surface area (Å²) in [4.78, 5) is 24.4. The summed E-state index contributed by atoms with van der Waals surface area (Å²) >= 11 is 4.92. The van der Waals surface area contributed by atoms with Crippen molar-refractivity contribution in [2.45, 2.75) is 38.8 Å². The maximum atomic E-state index is 11.9. The van der Waals surface area contributed by atoms with E-state index in [0.29, 0.717) is 6.42 Å². The fourth-order valence-corrected chi connectivity index (χ4v) is 2.14. The smallest absolute Gasteiger partial charge is 0.408 e. The molecule has 132 valence electrons. The van der Waals surface area contributed by atoms with E-state index in [-0.39, 0.29) is 6.61 Å². The average molecular weight is 352 g/mol.